The maximum absolute atomic E-state index is 8.62. The average molecular weight is 174 g/mol. The van der Waals surface area contributed by atoms with E-state index in [1.165, 1.54) is 0 Å². The van der Waals surface area contributed by atoms with Crippen LogP contribution in [0.15, 0.2) is 4.99 Å². The largest absolute Gasteiger partial charge is 0.367 e. The van der Waals surface area contributed by atoms with Gasteiger partial charge in [-0.05, 0) is 26.7 Å². The van der Waals surface area contributed by atoms with Gasteiger partial charge in [-0.3, -0.25) is 4.99 Å². The standard InChI is InChI=1S/C8H18N2O2/c1-6(2)10-5-3-4-7(9)8(11)12/h7-8,11-12H,3-5,9H2,1-2H3/t7-/m1/s1. The van der Waals surface area contributed by atoms with Crippen LogP contribution in [0.4, 0.5) is 0 Å². The Morgan fingerprint density at radius 2 is 2.00 bits per heavy atom. The molecule has 0 aliphatic rings. The van der Waals surface area contributed by atoms with Crippen molar-refractivity contribution < 1.29 is 10.2 Å². The Morgan fingerprint density at radius 1 is 1.42 bits per heavy atom. The van der Waals surface area contributed by atoms with Gasteiger partial charge in [0.05, 0.1) is 6.04 Å². The minimum absolute atomic E-state index is 0.544. The maximum atomic E-state index is 8.62. The summed E-state index contributed by atoms with van der Waals surface area (Å²) in [7, 11) is 0. The molecular formula is C8H18N2O2. The lowest BCUT2D eigenvalue weighted by Gasteiger charge is -2.11. The molecule has 0 heterocycles. The Balaban J connectivity index is 3.38. The van der Waals surface area contributed by atoms with Gasteiger partial charge in [-0.25, -0.2) is 0 Å². The molecule has 0 radical (unpaired) electrons. The highest BCUT2D eigenvalue weighted by Crippen LogP contribution is 1.98. The molecule has 0 saturated heterocycles. The number of rotatable bonds is 5. The van der Waals surface area contributed by atoms with Crippen LogP contribution in [0.1, 0.15) is 26.7 Å². The lowest BCUT2D eigenvalue weighted by molar-refractivity contribution is -0.0597. The van der Waals surface area contributed by atoms with Crippen molar-refractivity contribution in [2.24, 2.45) is 10.7 Å². The first kappa shape index (κ1) is 11.6. The quantitative estimate of drug-likeness (QED) is 0.309. The van der Waals surface area contributed by atoms with E-state index in [0.717, 1.165) is 12.1 Å². The molecule has 72 valence electrons. The van der Waals surface area contributed by atoms with Crippen LogP contribution in [0.5, 0.6) is 0 Å². The fourth-order valence-corrected chi connectivity index (χ4v) is 0.779. The fourth-order valence-electron chi connectivity index (χ4n) is 0.779. The van der Waals surface area contributed by atoms with Gasteiger partial charge in [0.1, 0.15) is 0 Å². The minimum atomic E-state index is -1.41. The van der Waals surface area contributed by atoms with Crippen molar-refractivity contribution in [3.05, 3.63) is 0 Å². The van der Waals surface area contributed by atoms with Crippen molar-refractivity contribution in [3.8, 4) is 0 Å². The van der Waals surface area contributed by atoms with Gasteiger partial charge in [0.25, 0.3) is 0 Å². The second-order valence-corrected chi connectivity index (χ2v) is 3.05. The van der Waals surface area contributed by atoms with Crippen LogP contribution >= 0.6 is 0 Å². The van der Waals surface area contributed by atoms with E-state index in [9.17, 15) is 0 Å². The van der Waals surface area contributed by atoms with Crippen LogP contribution in [0.25, 0.3) is 0 Å². The normalized spacial score (nSPS) is 13.2. The van der Waals surface area contributed by atoms with E-state index in [4.69, 9.17) is 15.9 Å². The molecule has 0 aliphatic carbocycles. The molecule has 0 aromatic heterocycles. The van der Waals surface area contributed by atoms with E-state index < -0.39 is 12.3 Å². The first-order chi connectivity index (χ1) is 5.54. The summed E-state index contributed by atoms with van der Waals surface area (Å²) >= 11 is 0. The first-order valence-corrected chi connectivity index (χ1v) is 4.13. The molecule has 0 bridgehead atoms. The molecule has 12 heavy (non-hydrogen) atoms. The Labute approximate surface area is 73.1 Å². The SMILES string of the molecule is CC(C)=NCCC[C@@H](N)C(O)O. The summed E-state index contributed by atoms with van der Waals surface area (Å²) in [5, 5.41) is 17.2. The van der Waals surface area contributed by atoms with Crippen LogP contribution in [-0.4, -0.2) is 34.8 Å². The third kappa shape index (κ3) is 6.27. The molecule has 4 nitrogen and oxygen atoms in total. The second kappa shape index (κ2) is 6.11. The molecule has 0 spiro atoms. The van der Waals surface area contributed by atoms with Gasteiger partial charge < -0.3 is 15.9 Å². The molecule has 1 atom stereocenters. The lowest BCUT2D eigenvalue weighted by atomic mass is 10.1. The number of aliphatic imine (C=N–C) groups is 1. The van der Waals surface area contributed by atoms with E-state index in [-0.39, 0.29) is 0 Å². The maximum Gasteiger partial charge on any atom is 0.166 e. The Hall–Kier alpha value is -0.450. The van der Waals surface area contributed by atoms with Gasteiger partial charge in [-0.15, -0.1) is 0 Å². The van der Waals surface area contributed by atoms with Gasteiger partial charge >= 0.3 is 0 Å². The average Bonchev–Trinajstić information content (AvgIpc) is 1.97. The molecule has 0 aromatic rings. The molecule has 0 aliphatic heterocycles. The van der Waals surface area contributed by atoms with Gasteiger partial charge in [-0.1, -0.05) is 0 Å². The number of hydrogen-bond donors (Lipinski definition) is 3. The highest BCUT2D eigenvalue weighted by molar-refractivity contribution is 5.78. The van der Waals surface area contributed by atoms with E-state index in [1.807, 2.05) is 13.8 Å². The van der Waals surface area contributed by atoms with Crippen molar-refractivity contribution in [2.45, 2.75) is 39.0 Å². The van der Waals surface area contributed by atoms with Crippen molar-refractivity contribution >= 4 is 5.71 Å². The molecule has 0 saturated carbocycles. The van der Waals surface area contributed by atoms with Crippen molar-refractivity contribution in [3.63, 3.8) is 0 Å². The van der Waals surface area contributed by atoms with Crippen LogP contribution in [-0.2, 0) is 0 Å². The summed E-state index contributed by atoms with van der Waals surface area (Å²) in [4.78, 5) is 4.15. The summed E-state index contributed by atoms with van der Waals surface area (Å²) in [6, 6.07) is -0.544. The van der Waals surface area contributed by atoms with E-state index >= 15 is 0 Å². The Morgan fingerprint density at radius 3 is 2.42 bits per heavy atom. The smallest absolute Gasteiger partial charge is 0.166 e. The van der Waals surface area contributed by atoms with Gasteiger partial charge in [0.15, 0.2) is 6.29 Å². The molecule has 4 heteroatoms. The van der Waals surface area contributed by atoms with Crippen LogP contribution in [0.2, 0.25) is 0 Å². The van der Waals surface area contributed by atoms with Crippen LogP contribution in [0, 0.1) is 0 Å². The van der Waals surface area contributed by atoms with Gasteiger partial charge in [0.2, 0.25) is 0 Å². The van der Waals surface area contributed by atoms with E-state index in [0.29, 0.717) is 13.0 Å². The molecular weight excluding hydrogens is 156 g/mol. The third-order valence-electron chi connectivity index (χ3n) is 1.51. The number of aliphatic hydroxyl groups excluding tert-OH is 1. The van der Waals surface area contributed by atoms with Crippen LogP contribution in [0.3, 0.4) is 0 Å². The summed E-state index contributed by atoms with van der Waals surface area (Å²) < 4.78 is 0. The molecule has 4 N–H and O–H groups in total. The summed E-state index contributed by atoms with van der Waals surface area (Å²) in [6.45, 7) is 4.57. The third-order valence-corrected chi connectivity index (χ3v) is 1.51. The first-order valence-electron chi connectivity index (χ1n) is 4.13. The molecule has 0 aromatic carbocycles. The number of nitrogens with two attached hydrogens (primary N) is 1. The van der Waals surface area contributed by atoms with Gasteiger partial charge in [-0.2, -0.15) is 0 Å². The summed E-state index contributed by atoms with van der Waals surface area (Å²) in [6.07, 6.45) is -0.0185. The predicted octanol–water partition coefficient (Wildman–Crippen LogP) is -0.115. The molecule has 0 rings (SSSR count). The van der Waals surface area contributed by atoms with E-state index in [1.54, 1.807) is 0 Å². The zero-order chi connectivity index (χ0) is 9.56. The van der Waals surface area contributed by atoms with Crippen molar-refractivity contribution in [2.75, 3.05) is 6.54 Å². The minimum Gasteiger partial charge on any atom is -0.367 e. The molecule has 0 fully saturated rings. The molecule has 0 unspecified atom stereocenters. The second-order valence-electron chi connectivity index (χ2n) is 3.05. The monoisotopic (exact) mass is 174 g/mol. The Kier molecular flexibility index (Phi) is 5.88. The van der Waals surface area contributed by atoms with Crippen molar-refractivity contribution in [1.29, 1.82) is 0 Å². The lowest BCUT2D eigenvalue weighted by Crippen LogP contribution is -2.34. The zero-order valence-electron chi connectivity index (χ0n) is 7.70. The summed E-state index contributed by atoms with van der Waals surface area (Å²) in [5.41, 5.74) is 6.42. The van der Waals surface area contributed by atoms with Gasteiger partial charge in [0, 0.05) is 12.3 Å². The van der Waals surface area contributed by atoms with Crippen molar-refractivity contribution in [1.82, 2.24) is 0 Å². The zero-order valence-corrected chi connectivity index (χ0v) is 7.70. The highest BCUT2D eigenvalue weighted by atomic mass is 16.5. The Bertz CT molecular complexity index is 142. The number of aliphatic hydroxyl groups is 2. The number of hydrogen-bond acceptors (Lipinski definition) is 4. The van der Waals surface area contributed by atoms with E-state index in [2.05, 4.69) is 4.99 Å². The molecule has 0 amide bonds. The summed E-state index contributed by atoms with van der Waals surface area (Å²) in [5.74, 6) is 0. The van der Waals surface area contributed by atoms with Crippen LogP contribution < -0.4 is 5.73 Å². The topological polar surface area (TPSA) is 78.8 Å². The predicted molar refractivity (Wildman–Crippen MR) is 49.1 cm³/mol. The number of nitrogens with zero attached hydrogens (tertiary/aromatic N) is 1. The highest BCUT2D eigenvalue weighted by Gasteiger charge is 2.09. The fraction of sp³-hybridized carbons (Fsp3) is 0.875.